The Bertz CT molecular complexity index is 197. The lowest BCUT2D eigenvalue weighted by Crippen LogP contribution is -2.36. The van der Waals surface area contributed by atoms with E-state index in [0.717, 1.165) is 12.8 Å². The normalized spacial score (nSPS) is 12.3. The summed E-state index contributed by atoms with van der Waals surface area (Å²) in [6.07, 6.45) is 1.56. The van der Waals surface area contributed by atoms with Gasteiger partial charge in [-0.05, 0) is 12.8 Å². The summed E-state index contributed by atoms with van der Waals surface area (Å²) in [5, 5.41) is 8.44. The average molecular weight is 195 g/mol. The third-order valence-corrected chi connectivity index (χ3v) is 3.10. The fourth-order valence-electron chi connectivity index (χ4n) is 0.888. The molecule has 74 valence electrons. The molecule has 0 aromatic heterocycles. The lowest BCUT2D eigenvalue weighted by atomic mass is 10.2. The summed E-state index contributed by atoms with van der Waals surface area (Å²) in [6, 6.07) is 0.00144. The van der Waals surface area contributed by atoms with E-state index in [1.54, 1.807) is 0 Å². The number of hydrogen-bond donors (Lipinski definition) is 2. The third-order valence-electron chi connectivity index (χ3n) is 1.69. The predicted octanol–water partition coefficient (Wildman–Crippen LogP) is 0.0867. The molecule has 0 bridgehead atoms. The second kappa shape index (κ2) is 5.50. The van der Waals surface area contributed by atoms with Crippen molar-refractivity contribution in [1.82, 2.24) is 4.72 Å². The van der Waals surface area contributed by atoms with Gasteiger partial charge in [0, 0.05) is 6.04 Å². The monoisotopic (exact) mass is 195 g/mol. The molecule has 0 aliphatic heterocycles. The molecule has 0 amide bonds. The lowest BCUT2D eigenvalue weighted by molar-refractivity contribution is 0.318. The summed E-state index contributed by atoms with van der Waals surface area (Å²) in [7, 11) is -3.26. The summed E-state index contributed by atoms with van der Waals surface area (Å²) in [4.78, 5) is 0. The molecule has 0 rings (SSSR count). The largest absolute Gasteiger partial charge is 0.395 e. The standard InChI is InChI=1S/C7H17NO3S/c1-3-7(4-2)8-12(10,11)6-5-9/h7-9H,3-6H2,1-2H3. The highest BCUT2D eigenvalue weighted by atomic mass is 32.2. The molecule has 0 saturated heterocycles. The number of hydrogen-bond acceptors (Lipinski definition) is 3. The van der Waals surface area contributed by atoms with E-state index < -0.39 is 10.0 Å². The maximum atomic E-state index is 11.1. The number of aliphatic hydroxyl groups excluding tert-OH is 1. The first-order valence-electron chi connectivity index (χ1n) is 4.16. The topological polar surface area (TPSA) is 66.4 Å². The molecule has 0 saturated carbocycles. The van der Waals surface area contributed by atoms with Gasteiger partial charge in [-0.1, -0.05) is 13.8 Å². The first-order chi connectivity index (χ1) is 5.55. The highest BCUT2D eigenvalue weighted by molar-refractivity contribution is 7.89. The van der Waals surface area contributed by atoms with Gasteiger partial charge in [-0.2, -0.15) is 0 Å². The Labute approximate surface area is 74.0 Å². The minimum absolute atomic E-state index is 0.00144. The molecular weight excluding hydrogens is 178 g/mol. The van der Waals surface area contributed by atoms with Crippen molar-refractivity contribution in [2.75, 3.05) is 12.4 Å². The van der Waals surface area contributed by atoms with Crippen LogP contribution < -0.4 is 4.72 Å². The van der Waals surface area contributed by atoms with Crippen molar-refractivity contribution in [3.8, 4) is 0 Å². The van der Waals surface area contributed by atoms with Gasteiger partial charge in [0.25, 0.3) is 0 Å². The van der Waals surface area contributed by atoms with Gasteiger partial charge in [0.05, 0.1) is 12.4 Å². The predicted molar refractivity (Wildman–Crippen MR) is 48.4 cm³/mol. The summed E-state index contributed by atoms with van der Waals surface area (Å²) in [5.41, 5.74) is 0. The number of nitrogens with one attached hydrogen (secondary N) is 1. The van der Waals surface area contributed by atoms with Crippen LogP contribution in [0.2, 0.25) is 0 Å². The molecule has 0 aromatic rings. The van der Waals surface area contributed by atoms with Gasteiger partial charge in [0.2, 0.25) is 10.0 Å². The lowest BCUT2D eigenvalue weighted by Gasteiger charge is -2.13. The maximum Gasteiger partial charge on any atom is 0.214 e. The van der Waals surface area contributed by atoms with Gasteiger partial charge in [-0.3, -0.25) is 0 Å². The zero-order valence-electron chi connectivity index (χ0n) is 7.58. The quantitative estimate of drug-likeness (QED) is 0.631. The highest BCUT2D eigenvalue weighted by Gasteiger charge is 2.13. The molecule has 0 unspecified atom stereocenters. The maximum absolute atomic E-state index is 11.1. The van der Waals surface area contributed by atoms with E-state index in [-0.39, 0.29) is 18.4 Å². The van der Waals surface area contributed by atoms with Crippen LogP contribution in [0.1, 0.15) is 26.7 Å². The first kappa shape index (κ1) is 11.9. The summed E-state index contributed by atoms with van der Waals surface area (Å²) in [6.45, 7) is 3.53. The van der Waals surface area contributed by atoms with Gasteiger partial charge >= 0.3 is 0 Å². The van der Waals surface area contributed by atoms with Crippen molar-refractivity contribution in [3.63, 3.8) is 0 Å². The van der Waals surface area contributed by atoms with Crippen LogP contribution in [0.25, 0.3) is 0 Å². The molecule has 0 aliphatic rings. The van der Waals surface area contributed by atoms with Crippen LogP contribution in [0.5, 0.6) is 0 Å². The minimum atomic E-state index is -3.26. The molecule has 0 heterocycles. The molecule has 2 N–H and O–H groups in total. The molecular formula is C7H17NO3S. The van der Waals surface area contributed by atoms with E-state index in [1.807, 2.05) is 13.8 Å². The van der Waals surface area contributed by atoms with Crippen molar-refractivity contribution in [1.29, 1.82) is 0 Å². The Morgan fingerprint density at radius 3 is 2.17 bits per heavy atom. The van der Waals surface area contributed by atoms with Crippen LogP contribution >= 0.6 is 0 Å². The van der Waals surface area contributed by atoms with E-state index in [0.29, 0.717) is 0 Å². The molecule has 0 aliphatic carbocycles. The molecule has 12 heavy (non-hydrogen) atoms. The van der Waals surface area contributed by atoms with Crippen LogP contribution in [0.15, 0.2) is 0 Å². The van der Waals surface area contributed by atoms with Crippen LogP contribution in [-0.2, 0) is 10.0 Å². The Hall–Kier alpha value is -0.130. The Kier molecular flexibility index (Phi) is 5.44. The van der Waals surface area contributed by atoms with Gasteiger partial charge in [-0.15, -0.1) is 0 Å². The Morgan fingerprint density at radius 2 is 1.83 bits per heavy atom. The fourth-order valence-corrected chi connectivity index (χ4v) is 2.09. The second-order valence-electron chi connectivity index (χ2n) is 2.67. The van der Waals surface area contributed by atoms with Crippen LogP contribution in [0.3, 0.4) is 0 Å². The van der Waals surface area contributed by atoms with Crippen LogP contribution in [0.4, 0.5) is 0 Å². The highest BCUT2D eigenvalue weighted by Crippen LogP contribution is 1.98. The Morgan fingerprint density at radius 1 is 1.33 bits per heavy atom. The molecule has 0 spiro atoms. The van der Waals surface area contributed by atoms with E-state index >= 15 is 0 Å². The number of rotatable bonds is 6. The van der Waals surface area contributed by atoms with E-state index in [4.69, 9.17) is 5.11 Å². The molecule has 0 radical (unpaired) electrons. The van der Waals surface area contributed by atoms with Crippen molar-refractivity contribution in [3.05, 3.63) is 0 Å². The molecule has 4 nitrogen and oxygen atoms in total. The average Bonchev–Trinajstić information content (AvgIpc) is 2.00. The van der Waals surface area contributed by atoms with E-state index in [1.165, 1.54) is 0 Å². The second-order valence-corrected chi connectivity index (χ2v) is 4.55. The SMILES string of the molecule is CCC(CC)NS(=O)(=O)CCO. The van der Waals surface area contributed by atoms with Gasteiger partial charge < -0.3 is 5.11 Å². The fraction of sp³-hybridized carbons (Fsp3) is 1.00. The summed E-state index contributed by atoms with van der Waals surface area (Å²) < 4.78 is 24.7. The van der Waals surface area contributed by atoms with Gasteiger partial charge in [-0.25, -0.2) is 13.1 Å². The number of aliphatic hydroxyl groups is 1. The minimum Gasteiger partial charge on any atom is -0.395 e. The zero-order chi connectivity index (χ0) is 9.61. The molecule has 0 aromatic carbocycles. The molecule has 0 fully saturated rings. The third kappa shape index (κ3) is 4.69. The van der Waals surface area contributed by atoms with Crippen molar-refractivity contribution < 1.29 is 13.5 Å². The van der Waals surface area contributed by atoms with Gasteiger partial charge in [0.1, 0.15) is 0 Å². The van der Waals surface area contributed by atoms with Crippen LogP contribution in [-0.4, -0.2) is 31.9 Å². The summed E-state index contributed by atoms with van der Waals surface area (Å²) >= 11 is 0. The van der Waals surface area contributed by atoms with Crippen molar-refractivity contribution >= 4 is 10.0 Å². The molecule has 5 heteroatoms. The molecule has 0 atom stereocenters. The first-order valence-corrected chi connectivity index (χ1v) is 5.81. The van der Waals surface area contributed by atoms with E-state index in [9.17, 15) is 8.42 Å². The van der Waals surface area contributed by atoms with E-state index in [2.05, 4.69) is 4.72 Å². The zero-order valence-corrected chi connectivity index (χ0v) is 8.39. The number of sulfonamides is 1. The smallest absolute Gasteiger partial charge is 0.214 e. The van der Waals surface area contributed by atoms with Crippen LogP contribution in [0, 0.1) is 0 Å². The Balaban J connectivity index is 4.03. The van der Waals surface area contributed by atoms with Crippen molar-refractivity contribution in [2.24, 2.45) is 0 Å². The van der Waals surface area contributed by atoms with Crippen molar-refractivity contribution in [2.45, 2.75) is 32.7 Å². The summed E-state index contributed by atoms with van der Waals surface area (Å²) in [5.74, 6) is -0.205. The van der Waals surface area contributed by atoms with Gasteiger partial charge in [0.15, 0.2) is 0 Å².